The third-order valence-corrected chi connectivity index (χ3v) is 6.19. The molecule has 0 aromatic carbocycles. The summed E-state index contributed by atoms with van der Waals surface area (Å²) in [7, 11) is -7.31. The van der Waals surface area contributed by atoms with E-state index in [-0.39, 0.29) is 7.05 Å². The maximum absolute atomic E-state index is 13.9. The number of nitrogens with zero attached hydrogens (tertiary/aromatic N) is 1. The Kier molecular flexibility index (Phi) is 9.07. The number of alkyl halides is 17. The second-order valence-electron chi connectivity index (χ2n) is 6.68. The summed E-state index contributed by atoms with van der Waals surface area (Å²) in [5.41, 5.74) is 0. The Balaban J connectivity index is 6.72. The summed E-state index contributed by atoms with van der Waals surface area (Å²) < 4.78 is 251. The van der Waals surface area contributed by atoms with Crippen molar-refractivity contribution in [1.82, 2.24) is 4.31 Å². The zero-order valence-electron chi connectivity index (χ0n) is 16.9. The summed E-state index contributed by atoms with van der Waals surface area (Å²) in [6, 6.07) is 0. The van der Waals surface area contributed by atoms with Crippen molar-refractivity contribution in [1.29, 1.82) is 0 Å². The Morgan fingerprint density at radius 2 is 1.00 bits per heavy atom. The molecule has 0 radical (unpaired) electrons. The van der Waals surface area contributed by atoms with Crippen LogP contribution < -0.4 is 0 Å². The van der Waals surface area contributed by atoms with Gasteiger partial charge in [-0.05, 0) is 6.42 Å². The lowest BCUT2D eigenvalue weighted by Crippen LogP contribution is -2.75. The average molecular weight is 597 g/mol. The van der Waals surface area contributed by atoms with Crippen LogP contribution in [0.15, 0.2) is 12.8 Å². The van der Waals surface area contributed by atoms with Crippen LogP contribution in [0.2, 0.25) is 0 Å². The smallest absolute Gasteiger partial charge is 0.460 e. The largest absolute Gasteiger partial charge is 0.502 e. The molecule has 0 saturated heterocycles. The molecule has 0 aliphatic heterocycles. The molecule has 0 bridgehead atoms. The van der Waals surface area contributed by atoms with Gasteiger partial charge in [0, 0.05) is 13.6 Å². The van der Waals surface area contributed by atoms with Crippen molar-refractivity contribution in [2.24, 2.45) is 0 Å². The molecule has 0 spiro atoms. The number of halogens is 17. The van der Waals surface area contributed by atoms with Crippen LogP contribution in [0, 0.1) is 0 Å². The van der Waals surface area contributed by atoms with Gasteiger partial charge in [0.15, 0.2) is 0 Å². The maximum Gasteiger partial charge on any atom is 0.460 e. The van der Waals surface area contributed by atoms with Crippen LogP contribution in [0.4, 0.5) is 74.6 Å². The van der Waals surface area contributed by atoms with Gasteiger partial charge in [0.25, 0.3) is 10.0 Å². The Bertz CT molecular complexity index is 897. The number of ether oxygens (including phenoxy) is 1. The third-order valence-electron chi connectivity index (χ3n) is 4.28. The van der Waals surface area contributed by atoms with E-state index in [1.807, 2.05) is 0 Å². The van der Waals surface area contributed by atoms with Gasteiger partial charge in [-0.3, -0.25) is 0 Å². The number of rotatable bonds is 13. The van der Waals surface area contributed by atoms with Gasteiger partial charge >= 0.3 is 47.0 Å². The zero-order valence-corrected chi connectivity index (χ0v) is 17.7. The minimum Gasteiger partial charge on any atom is -0.502 e. The highest BCUT2D eigenvalue weighted by molar-refractivity contribution is 7.90. The molecule has 0 rings (SSSR count). The zero-order chi connectivity index (χ0) is 29.6. The highest BCUT2D eigenvalue weighted by atomic mass is 32.2. The van der Waals surface area contributed by atoms with E-state index in [1.54, 1.807) is 0 Å². The molecule has 4 nitrogen and oxygen atoms in total. The summed E-state index contributed by atoms with van der Waals surface area (Å²) in [6.07, 6.45) is -7.88. The SMILES string of the molecule is C=COCCCN(C)S(=O)(=O)C(F)(F)C(F)(F)C(F)(F)C(F)(F)C(F)(F)C(F)(F)C(F)(F)C(F)(F)F. The molecular formula is C14H12F17NO3S. The molecule has 36 heavy (non-hydrogen) atoms. The predicted molar refractivity (Wildman–Crippen MR) is 83.0 cm³/mol. The molecule has 0 N–H and O–H groups in total. The first-order valence-electron chi connectivity index (χ1n) is 8.38. The third kappa shape index (κ3) is 4.66. The van der Waals surface area contributed by atoms with E-state index in [0.717, 1.165) is 0 Å². The first-order valence-corrected chi connectivity index (χ1v) is 9.82. The molecule has 0 atom stereocenters. The molecule has 0 saturated carbocycles. The Hall–Kier alpha value is -1.74. The quantitative estimate of drug-likeness (QED) is 0.154. The highest BCUT2D eigenvalue weighted by Crippen LogP contribution is 2.64. The van der Waals surface area contributed by atoms with E-state index < -0.39 is 80.9 Å². The van der Waals surface area contributed by atoms with Crippen molar-refractivity contribution in [3.63, 3.8) is 0 Å². The lowest BCUT2D eigenvalue weighted by atomic mass is 9.91. The topological polar surface area (TPSA) is 46.6 Å². The van der Waals surface area contributed by atoms with Crippen molar-refractivity contribution in [2.75, 3.05) is 20.2 Å². The maximum atomic E-state index is 13.9. The second kappa shape index (κ2) is 9.53. The lowest BCUT2D eigenvalue weighted by molar-refractivity contribution is -0.458. The fourth-order valence-electron chi connectivity index (χ4n) is 2.08. The normalized spacial score (nSPS) is 15.9. The van der Waals surface area contributed by atoms with Crippen LogP contribution in [-0.4, -0.2) is 79.9 Å². The van der Waals surface area contributed by atoms with E-state index in [2.05, 4.69) is 11.3 Å². The molecule has 0 amide bonds. The number of hydrogen-bond acceptors (Lipinski definition) is 3. The Labute approximate surface area is 189 Å². The van der Waals surface area contributed by atoms with Crippen molar-refractivity contribution in [3.8, 4) is 0 Å². The molecule has 0 aliphatic rings. The summed E-state index contributed by atoms with van der Waals surface area (Å²) >= 11 is 0. The first kappa shape index (κ1) is 34.3. The molecule has 22 heteroatoms. The molecule has 0 aromatic heterocycles. The van der Waals surface area contributed by atoms with Crippen LogP contribution in [0.5, 0.6) is 0 Å². The van der Waals surface area contributed by atoms with Gasteiger partial charge in [-0.2, -0.15) is 78.9 Å². The van der Waals surface area contributed by atoms with Crippen LogP contribution in [0.25, 0.3) is 0 Å². The van der Waals surface area contributed by atoms with Gasteiger partial charge in [-0.1, -0.05) is 6.58 Å². The molecule has 0 unspecified atom stereocenters. The summed E-state index contributed by atoms with van der Waals surface area (Å²) in [5, 5.41) is -7.56. The monoisotopic (exact) mass is 597 g/mol. The molecule has 216 valence electrons. The van der Waals surface area contributed by atoms with E-state index in [1.165, 1.54) is 0 Å². The van der Waals surface area contributed by atoms with E-state index in [9.17, 15) is 83.1 Å². The predicted octanol–water partition coefficient (Wildman–Crippen LogP) is 5.77. The van der Waals surface area contributed by atoms with Gasteiger partial charge in [0.05, 0.1) is 12.9 Å². The van der Waals surface area contributed by atoms with Crippen molar-refractivity contribution >= 4 is 10.0 Å². The van der Waals surface area contributed by atoms with Crippen molar-refractivity contribution < 1.29 is 87.8 Å². The van der Waals surface area contributed by atoms with Gasteiger partial charge in [0.1, 0.15) is 0 Å². The molecule has 0 heterocycles. The van der Waals surface area contributed by atoms with Gasteiger partial charge < -0.3 is 4.74 Å². The second-order valence-corrected chi connectivity index (χ2v) is 8.76. The average Bonchev–Trinajstić information content (AvgIpc) is 2.68. The number of hydrogen-bond donors (Lipinski definition) is 0. The fourth-order valence-corrected chi connectivity index (χ4v) is 3.29. The van der Waals surface area contributed by atoms with E-state index in [0.29, 0.717) is 6.26 Å². The molecule has 0 aliphatic carbocycles. The van der Waals surface area contributed by atoms with Crippen LogP contribution in [0.1, 0.15) is 6.42 Å². The van der Waals surface area contributed by atoms with Crippen LogP contribution in [0.3, 0.4) is 0 Å². The van der Waals surface area contributed by atoms with Gasteiger partial charge in [-0.15, -0.1) is 0 Å². The number of sulfonamides is 1. The standard InChI is InChI=1S/C14H12F17NO3S/c1-3-35-6-4-5-32(2)36(33,34)14(30,31)12(25,26)10(21,22)8(17,18)7(15,16)9(19,20)11(23,24)13(27,28)29/h3H,1,4-6H2,2H3. The molecular weight excluding hydrogens is 585 g/mol. The minimum atomic E-state index is -8.85. The molecule has 0 aromatic rings. The van der Waals surface area contributed by atoms with Crippen molar-refractivity contribution in [3.05, 3.63) is 12.8 Å². The van der Waals surface area contributed by atoms with E-state index in [4.69, 9.17) is 0 Å². The van der Waals surface area contributed by atoms with Gasteiger partial charge in [0.2, 0.25) is 0 Å². The van der Waals surface area contributed by atoms with Crippen LogP contribution >= 0.6 is 0 Å². The first-order chi connectivity index (χ1) is 15.5. The Morgan fingerprint density at radius 1 is 0.667 bits per heavy atom. The highest BCUT2D eigenvalue weighted by Gasteiger charge is 2.96. The van der Waals surface area contributed by atoms with Crippen LogP contribution in [-0.2, 0) is 14.8 Å². The Morgan fingerprint density at radius 3 is 1.33 bits per heavy atom. The minimum absolute atomic E-state index is 0.0455. The molecule has 0 fully saturated rings. The fraction of sp³-hybridized carbons (Fsp3) is 0.857. The summed E-state index contributed by atoms with van der Waals surface area (Å²) in [5.74, 6) is -51.7. The summed E-state index contributed by atoms with van der Waals surface area (Å²) in [6.45, 7) is 1.05. The van der Waals surface area contributed by atoms with E-state index >= 15 is 0 Å². The lowest BCUT2D eigenvalue weighted by Gasteiger charge is -2.42. The summed E-state index contributed by atoms with van der Waals surface area (Å²) in [4.78, 5) is 0. The van der Waals surface area contributed by atoms with Gasteiger partial charge in [-0.25, -0.2) is 8.42 Å². The van der Waals surface area contributed by atoms with Crippen molar-refractivity contribution in [2.45, 2.75) is 53.4 Å².